The lowest BCUT2D eigenvalue weighted by atomic mass is 9.85. The molecule has 0 saturated carbocycles. The Morgan fingerprint density at radius 2 is 1.68 bits per heavy atom. The summed E-state index contributed by atoms with van der Waals surface area (Å²) in [6.45, 7) is 0. The molecule has 0 bridgehead atoms. The van der Waals surface area contributed by atoms with Gasteiger partial charge in [0.05, 0.1) is 23.2 Å². The molecule has 1 fully saturated rings. The number of hydrogen-bond acceptors (Lipinski definition) is 3. The van der Waals surface area contributed by atoms with Crippen LogP contribution in [0.5, 0.6) is 0 Å². The van der Waals surface area contributed by atoms with Gasteiger partial charge in [0.25, 0.3) is 0 Å². The third-order valence-electron chi connectivity index (χ3n) is 3.74. The number of carbonyl (C=O) groups excluding carboxylic acids is 2. The second-order valence-corrected chi connectivity index (χ2v) is 4.87. The molecule has 0 unspecified atom stereocenters. The van der Waals surface area contributed by atoms with E-state index in [0.29, 0.717) is 12.8 Å². The van der Waals surface area contributed by atoms with Crippen LogP contribution in [0.3, 0.4) is 0 Å². The van der Waals surface area contributed by atoms with E-state index >= 15 is 0 Å². The van der Waals surface area contributed by atoms with E-state index in [1.807, 2.05) is 12.2 Å². The van der Waals surface area contributed by atoms with E-state index in [2.05, 4.69) is 0 Å². The van der Waals surface area contributed by atoms with Gasteiger partial charge in [0.15, 0.2) is 0 Å². The lowest BCUT2D eigenvalue weighted by molar-refractivity contribution is -0.122. The molecule has 5 heteroatoms. The van der Waals surface area contributed by atoms with E-state index in [9.17, 15) is 14.0 Å². The van der Waals surface area contributed by atoms with E-state index in [4.69, 9.17) is 5.73 Å². The van der Waals surface area contributed by atoms with Crippen LogP contribution in [0.4, 0.5) is 15.8 Å². The first-order chi connectivity index (χ1) is 9.09. The molecule has 1 aromatic rings. The lowest BCUT2D eigenvalue weighted by Gasteiger charge is -2.16. The summed E-state index contributed by atoms with van der Waals surface area (Å²) in [6.07, 6.45) is 4.93. The molecule has 1 aliphatic carbocycles. The topological polar surface area (TPSA) is 63.4 Å². The van der Waals surface area contributed by atoms with E-state index in [1.54, 1.807) is 0 Å². The quantitative estimate of drug-likeness (QED) is 0.476. The van der Waals surface area contributed by atoms with Gasteiger partial charge < -0.3 is 5.73 Å². The number of nitrogen functional groups attached to an aromatic ring is 1. The number of rotatable bonds is 1. The maximum atomic E-state index is 13.3. The van der Waals surface area contributed by atoms with Crippen molar-refractivity contribution in [2.75, 3.05) is 10.6 Å². The number of anilines is 2. The number of carbonyl (C=O) groups is 2. The predicted molar refractivity (Wildman–Crippen MR) is 68.7 cm³/mol. The van der Waals surface area contributed by atoms with Crippen LogP contribution in [0.2, 0.25) is 0 Å². The molecule has 2 amide bonds. The van der Waals surface area contributed by atoms with Crippen LogP contribution in [-0.2, 0) is 9.59 Å². The Balaban J connectivity index is 2.04. The summed E-state index contributed by atoms with van der Waals surface area (Å²) < 4.78 is 13.3. The lowest BCUT2D eigenvalue weighted by Crippen LogP contribution is -2.31. The van der Waals surface area contributed by atoms with Crippen molar-refractivity contribution in [2.45, 2.75) is 12.8 Å². The average Bonchev–Trinajstić information content (AvgIpc) is 2.66. The summed E-state index contributed by atoms with van der Waals surface area (Å²) in [6, 6.07) is 3.71. The van der Waals surface area contributed by atoms with E-state index in [0.717, 1.165) is 11.0 Å². The molecular formula is C14H13FN2O2. The van der Waals surface area contributed by atoms with Crippen LogP contribution in [0.15, 0.2) is 30.4 Å². The number of amides is 2. The van der Waals surface area contributed by atoms with E-state index < -0.39 is 5.82 Å². The van der Waals surface area contributed by atoms with Gasteiger partial charge in [-0.15, -0.1) is 0 Å². The molecule has 0 radical (unpaired) electrons. The van der Waals surface area contributed by atoms with Gasteiger partial charge in [-0.05, 0) is 25.0 Å². The van der Waals surface area contributed by atoms with Gasteiger partial charge in [0.2, 0.25) is 11.8 Å². The summed E-state index contributed by atoms with van der Waals surface area (Å²) in [5.74, 6) is -1.74. The molecule has 19 heavy (non-hydrogen) atoms. The highest BCUT2D eigenvalue weighted by molar-refractivity contribution is 6.23. The number of allylic oxidation sites excluding steroid dienone is 2. The Hall–Kier alpha value is -2.17. The van der Waals surface area contributed by atoms with E-state index in [-0.39, 0.29) is 35.0 Å². The molecule has 1 aliphatic heterocycles. The summed E-state index contributed by atoms with van der Waals surface area (Å²) in [7, 11) is 0. The van der Waals surface area contributed by atoms with Gasteiger partial charge in [-0.1, -0.05) is 12.2 Å². The molecule has 2 aliphatic rings. The zero-order valence-electron chi connectivity index (χ0n) is 10.2. The molecule has 1 saturated heterocycles. The third kappa shape index (κ3) is 1.73. The number of imide groups is 1. The SMILES string of the molecule is Nc1ccc(F)cc1N1C(=O)[C@H]2CC=CC[C@H]2C1=O. The maximum absolute atomic E-state index is 13.3. The first kappa shape index (κ1) is 11.9. The smallest absolute Gasteiger partial charge is 0.238 e. The van der Waals surface area contributed by atoms with Crippen LogP contribution >= 0.6 is 0 Å². The fourth-order valence-electron chi connectivity index (χ4n) is 2.75. The van der Waals surface area contributed by atoms with Gasteiger partial charge in [0, 0.05) is 6.07 Å². The van der Waals surface area contributed by atoms with Gasteiger partial charge in [0.1, 0.15) is 5.82 Å². The standard InChI is InChI=1S/C14H13FN2O2/c15-8-5-6-11(16)12(7-8)17-13(18)9-3-1-2-4-10(9)14(17)19/h1-2,5-7,9-10H,3-4,16H2/t9-,10+. The maximum Gasteiger partial charge on any atom is 0.238 e. The highest BCUT2D eigenvalue weighted by Crippen LogP contribution is 2.39. The Kier molecular flexibility index (Phi) is 2.62. The number of fused-ring (bicyclic) bond motifs is 1. The van der Waals surface area contributed by atoms with Gasteiger partial charge in [-0.2, -0.15) is 0 Å². The van der Waals surface area contributed by atoms with Crippen molar-refractivity contribution in [1.82, 2.24) is 0 Å². The van der Waals surface area contributed by atoms with Crippen LogP contribution in [-0.4, -0.2) is 11.8 Å². The third-order valence-corrected chi connectivity index (χ3v) is 3.74. The van der Waals surface area contributed by atoms with Crippen LogP contribution in [0, 0.1) is 17.7 Å². The number of benzene rings is 1. The normalized spacial score (nSPS) is 25.8. The molecule has 2 atom stereocenters. The number of halogens is 1. The highest BCUT2D eigenvalue weighted by Gasteiger charge is 2.48. The fraction of sp³-hybridized carbons (Fsp3) is 0.286. The molecule has 0 spiro atoms. The molecular weight excluding hydrogens is 247 g/mol. The second-order valence-electron chi connectivity index (χ2n) is 4.87. The molecule has 1 aromatic carbocycles. The van der Waals surface area contributed by atoms with Gasteiger partial charge >= 0.3 is 0 Å². The zero-order valence-corrected chi connectivity index (χ0v) is 10.2. The van der Waals surface area contributed by atoms with Crippen LogP contribution < -0.4 is 10.6 Å². The van der Waals surface area contributed by atoms with Crippen molar-refractivity contribution >= 4 is 23.2 Å². The number of nitrogens with two attached hydrogens (primary N) is 1. The first-order valence-corrected chi connectivity index (χ1v) is 6.17. The summed E-state index contributed by atoms with van der Waals surface area (Å²) >= 11 is 0. The van der Waals surface area contributed by atoms with Crippen molar-refractivity contribution in [3.05, 3.63) is 36.2 Å². The molecule has 4 nitrogen and oxygen atoms in total. The molecule has 98 valence electrons. The van der Waals surface area contributed by atoms with Crippen molar-refractivity contribution in [1.29, 1.82) is 0 Å². The predicted octanol–water partition coefficient (Wildman–Crippen LogP) is 1.86. The summed E-state index contributed by atoms with van der Waals surface area (Å²) in [5, 5.41) is 0. The minimum atomic E-state index is -0.516. The van der Waals surface area contributed by atoms with Crippen LogP contribution in [0.1, 0.15) is 12.8 Å². The zero-order chi connectivity index (χ0) is 13.6. The second kappa shape index (κ2) is 4.19. The van der Waals surface area contributed by atoms with Crippen molar-refractivity contribution in [3.8, 4) is 0 Å². The number of nitrogens with zero attached hydrogens (tertiary/aromatic N) is 1. The largest absolute Gasteiger partial charge is 0.397 e. The van der Waals surface area contributed by atoms with Crippen molar-refractivity contribution < 1.29 is 14.0 Å². The molecule has 0 aromatic heterocycles. The summed E-state index contributed by atoms with van der Waals surface area (Å²) in [4.78, 5) is 25.7. The van der Waals surface area contributed by atoms with Crippen LogP contribution in [0.25, 0.3) is 0 Å². The van der Waals surface area contributed by atoms with E-state index in [1.165, 1.54) is 12.1 Å². The Morgan fingerprint density at radius 3 is 2.26 bits per heavy atom. The molecule has 2 N–H and O–H groups in total. The Bertz CT molecular complexity index is 571. The first-order valence-electron chi connectivity index (χ1n) is 6.17. The highest BCUT2D eigenvalue weighted by atomic mass is 19.1. The number of hydrogen-bond donors (Lipinski definition) is 1. The van der Waals surface area contributed by atoms with Crippen molar-refractivity contribution in [3.63, 3.8) is 0 Å². The fourth-order valence-corrected chi connectivity index (χ4v) is 2.75. The minimum absolute atomic E-state index is 0.157. The molecule has 1 heterocycles. The Morgan fingerprint density at radius 1 is 1.11 bits per heavy atom. The summed E-state index contributed by atoms with van der Waals surface area (Å²) in [5.41, 5.74) is 6.14. The monoisotopic (exact) mass is 260 g/mol. The Labute approximate surface area is 109 Å². The minimum Gasteiger partial charge on any atom is -0.397 e. The average molecular weight is 260 g/mol. The van der Waals surface area contributed by atoms with Crippen molar-refractivity contribution in [2.24, 2.45) is 11.8 Å². The molecule has 3 rings (SSSR count). The van der Waals surface area contributed by atoms with Gasteiger partial charge in [-0.3, -0.25) is 9.59 Å². The van der Waals surface area contributed by atoms with Gasteiger partial charge in [-0.25, -0.2) is 9.29 Å².